The lowest BCUT2D eigenvalue weighted by Gasteiger charge is -2.37. The summed E-state index contributed by atoms with van der Waals surface area (Å²) in [6.45, 7) is 2.42. The monoisotopic (exact) mass is 674 g/mol. The van der Waals surface area contributed by atoms with Crippen molar-refractivity contribution in [2.24, 2.45) is 16.6 Å². The Kier molecular flexibility index (Phi) is 9.21. The number of aryl methyl sites for hydroxylation is 1. The molecule has 46 heavy (non-hydrogen) atoms. The number of carbonyl (C=O) groups excluding carboxylic acids is 1. The number of amidine groups is 1. The van der Waals surface area contributed by atoms with Gasteiger partial charge in [0, 0.05) is 29.8 Å². The molecule has 2 aromatic carbocycles. The highest BCUT2D eigenvalue weighted by atomic mass is 32.2. The van der Waals surface area contributed by atoms with Crippen LogP contribution in [0, 0.1) is 18.7 Å². The Hall–Kier alpha value is -4.32. The molecule has 242 valence electrons. The molecule has 17 heteroatoms. The minimum Gasteiger partial charge on any atom is -0.379 e. The Morgan fingerprint density at radius 1 is 1.24 bits per heavy atom. The molecule has 0 radical (unpaired) electrons. The van der Waals surface area contributed by atoms with Crippen LogP contribution >= 0.6 is 11.8 Å². The van der Waals surface area contributed by atoms with Crippen LogP contribution < -0.4 is 11.1 Å². The summed E-state index contributed by atoms with van der Waals surface area (Å²) in [5.74, 6) is -1.55. The molecule has 6 rings (SSSR count). The van der Waals surface area contributed by atoms with Gasteiger partial charge in [-0.3, -0.25) is 4.79 Å². The fourth-order valence-corrected chi connectivity index (χ4v) is 6.63. The fraction of sp³-hybridized carbons (Fsp3) is 0.276. The number of rotatable bonds is 6. The van der Waals surface area contributed by atoms with Gasteiger partial charge in [0.05, 0.1) is 23.9 Å². The van der Waals surface area contributed by atoms with E-state index in [1.807, 2.05) is 6.92 Å². The minimum absolute atomic E-state index is 0.00185. The van der Waals surface area contributed by atoms with Crippen molar-refractivity contribution in [3.05, 3.63) is 90.2 Å². The van der Waals surface area contributed by atoms with Crippen LogP contribution in [0.15, 0.2) is 77.4 Å². The zero-order valence-electron chi connectivity index (χ0n) is 24.5. The molecule has 4 heterocycles. The highest BCUT2D eigenvalue weighted by Gasteiger charge is 2.59. The van der Waals surface area contributed by atoms with Gasteiger partial charge in [-0.15, -0.1) is 0 Å². The second-order valence-electron chi connectivity index (χ2n) is 10.7. The van der Waals surface area contributed by atoms with Gasteiger partial charge in [0.25, 0.3) is 11.8 Å². The molecule has 4 N–H and O–H groups in total. The van der Waals surface area contributed by atoms with Gasteiger partial charge in [-0.1, -0.05) is 29.5 Å². The van der Waals surface area contributed by atoms with E-state index in [1.54, 1.807) is 24.3 Å². The lowest BCUT2D eigenvalue weighted by molar-refractivity contribution is -0.113. The topological polar surface area (TPSA) is 171 Å². The van der Waals surface area contributed by atoms with Crippen LogP contribution in [0.1, 0.15) is 28.5 Å². The van der Waals surface area contributed by atoms with Gasteiger partial charge >= 0.3 is 0 Å². The van der Waals surface area contributed by atoms with Crippen LogP contribution in [0.5, 0.6) is 0 Å². The Labute approximate surface area is 266 Å². The van der Waals surface area contributed by atoms with Crippen LogP contribution in [0.3, 0.4) is 0 Å². The van der Waals surface area contributed by atoms with E-state index in [0.717, 1.165) is 30.3 Å². The van der Waals surface area contributed by atoms with Crippen molar-refractivity contribution in [3.8, 4) is 5.82 Å². The molecule has 0 saturated carbocycles. The molecule has 0 aliphatic carbocycles. The molecular weight excluding hydrogens is 645 g/mol. The standard InChI is InChI=1S/C21H19F3N8O2S.C8H10O2S/c1-20(23,24)17-13-7-35-19(25)31-21(13,8-34-17)12-4-11(2-3-14(12)22)30-18(33)15-5-28-16(6-27-15)32-10-26-9-29-32;1-7-3-5-8(6-4-7)11(2,9)10/h2-6,9-10,13,17H,7-8H2,1H3,(H2,25,31)(H,30,33);3-6H,2H2,1H3,(H,9,10)/t13-,17+,21-;/m1./s1. The largest absolute Gasteiger partial charge is 0.379 e. The van der Waals surface area contributed by atoms with Gasteiger partial charge in [-0.25, -0.2) is 42.0 Å². The molecule has 0 bridgehead atoms. The smallest absolute Gasteiger partial charge is 0.275 e. The number of anilines is 1. The van der Waals surface area contributed by atoms with Crippen LogP contribution in [0.25, 0.3) is 5.82 Å². The SMILES string of the molecule is C=S(=O)(O)c1ccc(C)cc1.CC(F)(F)[C@H]1OC[C@]2(c3cc(NC(=O)c4cnc(-n5cncn5)cn4)ccc3F)N=C(N)SC[C@H]12. The van der Waals surface area contributed by atoms with Gasteiger partial charge in [-0.2, -0.15) is 5.10 Å². The number of amides is 1. The zero-order valence-corrected chi connectivity index (χ0v) is 26.1. The summed E-state index contributed by atoms with van der Waals surface area (Å²) in [7, 11) is -3.02. The van der Waals surface area contributed by atoms with E-state index >= 15 is 4.39 Å². The first-order valence-electron chi connectivity index (χ1n) is 13.6. The Balaban J connectivity index is 0.000000322. The Bertz CT molecular complexity index is 1850. The Morgan fingerprint density at radius 3 is 2.59 bits per heavy atom. The van der Waals surface area contributed by atoms with Crippen molar-refractivity contribution in [2.75, 3.05) is 17.7 Å². The van der Waals surface area contributed by atoms with E-state index in [-0.39, 0.29) is 34.5 Å². The van der Waals surface area contributed by atoms with E-state index in [0.29, 0.717) is 10.7 Å². The summed E-state index contributed by atoms with van der Waals surface area (Å²) in [4.78, 5) is 29.5. The summed E-state index contributed by atoms with van der Waals surface area (Å²) in [5.41, 5.74) is 5.78. The summed E-state index contributed by atoms with van der Waals surface area (Å²) < 4.78 is 70.3. The van der Waals surface area contributed by atoms with Crippen molar-refractivity contribution in [1.82, 2.24) is 24.7 Å². The van der Waals surface area contributed by atoms with Gasteiger partial charge in [0.15, 0.2) is 11.0 Å². The molecule has 1 saturated heterocycles. The number of nitrogens with one attached hydrogen (secondary N) is 1. The number of aliphatic imine (C=N–C) groups is 1. The maximum Gasteiger partial charge on any atom is 0.275 e. The average molecular weight is 675 g/mol. The van der Waals surface area contributed by atoms with Gasteiger partial charge < -0.3 is 20.3 Å². The molecule has 1 fully saturated rings. The number of alkyl halides is 2. The number of thioether (sulfide) groups is 1. The number of benzene rings is 2. The summed E-state index contributed by atoms with van der Waals surface area (Å²) in [6, 6.07) is 10.7. The quantitative estimate of drug-likeness (QED) is 0.255. The lowest BCUT2D eigenvalue weighted by Crippen LogP contribution is -2.46. The second-order valence-corrected chi connectivity index (χ2v) is 13.5. The van der Waals surface area contributed by atoms with Crippen molar-refractivity contribution >= 4 is 44.2 Å². The lowest BCUT2D eigenvalue weighted by atomic mass is 9.77. The number of nitrogens with zero attached hydrogens (tertiary/aromatic N) is 6. The molecule has 1 unspecified atom stereocenters. The predicted molar refractivity (Wildman–Crippen MR) is 168 cm³/mol. The van der Waals surface area contributed by atoms with Crippen LogP contribution in [-0.2, 0) is 20.1 Å². The normalized spacial score (nSPS) is 22.1. The number of hydrogen-bond acceptors (Lipinski definition) is 10. The number of hydrogen-bond donors (Lipinski definition) is 3. The predicted octanol–water partition coefficient (Wildman–Crippen LogP) is 3.92. The number of ether oxygens (including phenoxy) is 1. The highest BCUT2D eigenvalue weighted by Crippen LogP contribution is 2.51. The summed E-state index contributed by atoms with van der Waals surface area (Å²) in [6.07, 6.45) is 3.92. The van der Waals surface area contributed by atoms with Gasteiger partial charge in [0.2, 0.25) is 0 Å². The molecule has 4 atom stereocenters. The third-order valence-electron chi connectivity index (χ3n) is 7.29. The highest BCUT2D eigenvalue weighted by molar-refractivity contribution is 8.13. The van der Waals surface area contributed by atoms with Crippen LogP contribution in [0.4, 0.5) is 18.9 Å². The van der Waals surface area contributed by atoms with Crippen molar-refractivity contribution in [1.29, 1.82) is 0 Å². The second kappa shape index (κ2) is 12.8. The number of halogens is 3. The molecule has 12 nitrogen and oxygen atoms in total. The first kappa shape index (κ1) is 33.1. The molecule has 1 amide bonds. The van der Waals surface area contributed by atoms with E-state index in [9.17, 15) is 17.8 Å². The molecule has 0 spiro atoms. The fourth-order valence-electron chi connectivity index (χ4n) is 5.04. The minimum atomic E-state index is -3.16. The van der Waals surface area contributed by atoms with E-state index in [4.69, 9.17) is 15.0 Å². The van der Waals surface area contributed by atoms with Gasteiger partial charge in [-0.05, 0) is 43.1 Å². The van der Waals surface area contributed by atoms with Crippen molar-refractivity contribution < 1.29 is 31.5 Å². The molecule has 2 aromatic heterocycles. The van der Waals surface area contributed by atoms with Crippen molar-refractivity contribution in [2.45, 2.75) is 36.3 Å². The number of fused-ring (bicyclic) bond motifs is 1. The van der Waals surface area contributed by atoms with E-state index < -0.39 is 45.0 Å². The first-order chi connectivity index (χ1) is 21.7. The zero-order chi connectivity index (χ0) is 33.3. The van der Waals surface area contributed by atoms with Crippen LogP contribution in [0.2, 0.25) is 0 Å². The molecule has 2 aliphatic heterocycles. The third kappa shape index (κ3) is 7.06. The maximum absolute atomic E-state index is 15.1. The number of nitrogens with two attached hydrogens (primary N) is 1. The third-order valence-corrected chi connectivity index (χ3v) is 9.21. The van der Waals surface area contributed by atoms with E-state index in [1.165, 1.54) is 41.9 Å². The number of aromatic nitrogens is 5. The number of carbonyl (C=O) groups is 1. The first-order valence-corrected chi connectivity index (χ1v) is 16.3. The molecule has 4 aromatic rings. The van der Waals surface area contributed by atoms with Gasteiger partial charge in [0.1, 0.15) is 45.6 Å². The average Bonchev–Trinajstić information content (AvgIpc) is 3.67. The maximum atomic E-state index is 15.1. The van der Waals surface area contributed by atoms with Crippen molar-refractivity contribution in [3.63, 3.8) is 0 Å². The molecule has 2 aliphatic rings. The molecular formula is C29H29F3N8O4S2. The summed E-state index contributed by atoms with van der Waals surface area (Å²) >= 11 is 1.12. The van der Waals surface area contributed by atoms with Crippen LogP contribution in [-0.4, -0.2) is 74.8 Å². The Morgan fingerprint density at radius 2 is 1.98 bits per heavy atom. The summed E-state index contributed by atoms with van der Waals surface area (Å²) in [5, 5.41) is 6.72. The van der Waals surface area contributed by atoms with E-state index in [2.05, 4.69) is 36.2 Å².